The molecule has 92 valence electrons. The zero-order valence-corrected chi connectivity index (χ0v) is 10.5. The Labute approximate surface area is 103 Å². The van der Waals surface area contributed by atoms with E-state index in [2.05, 4.69) is 11.8 Å². The third kappa shape index (κ3) is 4.38. The third-order valence-corrected chi connectivity index (χ3v) is 2.21. The molecule has 0 unspecified atom stereocenters. The minimum absolute atomic E-state index is 0.502. The van der Waals surface area contributed by atoms with E-state index in [1.54, 1.807) is 0 Å². The van der Waals surface area contributed by atoms with Gasteiger partial charge in [-0.2, -0.15) is 0 Å². The van der Waals surface area contributed by atoms with E-state index in [9.17, 15) is 0 Å². The van der Waals surface area contributed by atoms with Gasteiger partial charge < -0.3 is 15.2 Å². The van der Waals surface area contributed by atoms with Crippen LogP contribution in [0.4, 0.5) is 0 Å². The summed E-state index contributed by atoms with van der Waals surface area (Å²) in [5, 5.41) is 0. The Morgan fingerprint density at radius 1 is 1.24 bits per heavy atom. The van der Waals surface area contributed by atoms with Crippen molar-refractivity contribution in [1.29, 1.82) is 0 Å². The highest BCUT2D eigenvalue weighted by atomic mass is 16.5. The van der Waals surface area contributed by atoms with Crippen molar-refractivity contribution in [3.05, 3.63) is 23.8 Å². The van der Waals surface area contributed by atoms with Gasteiger partial charge >= 0.3 is 0 Å². The molecule has 0 bridgehead atoms. The van der Waals surface area contributed by atoms with Gasteiger partial charge in [0, 0.05) is 13.0 Å². The second-order valence-corrected chi connectivity index (χ2v) is 3.44. The number of ether oxygens (including phenoxy) is 2. The quantitative estimate of drug-likeness (QED) is 0.606. The molecule has 0 radical (unpaired) electrons. The molecular formula is C14H19NO2. The number of benzene rings is 1. The first kappa shape index (κ1) is 13.4. The van der Waals surface area contributed by atoms with E-state index in [0.717, 1.165) is 23.5 Å². The SMILES string of the molecule is CC#CCCOc1ccc(CN)cc1OCC. The van der Waals surface area contributed by atoms with E-state index < -0.39 is 0 Å². The lowest BCUT2D eigenvalue weighted by Gasteiger charge is -2.12. The molecule has 0 atom stereocenters. The van der Waals surface area contributed by atoms with Crippen molar-refractivity contribution < 1.29 is 9.47 Å². The molecule has 0 heterocycles. The van der Waals surface area contributed by atoms with Crippen molar-refractivity contribution in [3.63, 3.8) is 0 Å². The van der Waals surface area contributed by atoms with Gasteiger partial charge in [-0.05, 0) is 31.5 Å². The van der Waals surface area contributed by atoms with Crippen LogP contribution in [0.5, 0.6) is 11.5 Å². The lowest BCUT2D eigenvalue weighted by molar-refractivity contribution is 0.281. The maximum atomic E-state index is 5.62. The molecule has 1 aromatic carbocycles. The zero-order chi connectivity index (χ0) is 12.5. The Hall–Kier alpha value is -1.66. The topological polar surface area (TPSA) is 44.5 Å². The molecule has 0 aliphatic heterocycles. The van der Waals surface area contributed by atoms with Crippen LogP contribution in [0.1, 0.15) is 25.8 Å². The molecule has 0 aliphatic carbocycles. The standard InChI is InChI=1S/C14H19NO2/c1-3-5-6-9-17-13-8-7-12(11-15)10-14(13)16-4-2/h7-8,10H,4,6,9,11,15H2,1-2H3. The van der Waals surface area contributed by atoms with Crippen molar-refractivity contribution in [3.8, 4) is 23.3 Å². The molecule has 2 N–H and O–H groups in total. The summed E-state index contributed by atoms with van der Waals surface area (Å²) in [6, 6.07) is 5.76. The van der Waals surface area contributed by atoms with Crippen LogP contribution in [-0.4, -0.2) is 13.2 Å². The summed E-state index contributed by atoms with van der Waals surface area (Å²) in [5.41, 5.74) is 6.63. The monoisotopic (exact) mass is 233 g/mol. The van der Waals surface area contributed by atoms with Crippen LogP contribution < -0.4 is 15.2 Å². The fourth-order valence-electron chi connectivity index (χ4n) is 1.40. The van der Waals surface area contributed by atoms with Crippen molar-refractivity contribution in [2.45, 2.75) is 26.8 Å². The van der Waals surface area contributed by atoms with Crippen molar-refractivity contribution in [1.82, 2.24) is 0 Å². The van der Waals surface area contributed by atoms with E-state index in [1.807, 2.05) is 32.0 Å². The third-order valence-electron chi connectivity index (χ3n) is 2.21. The molecular weight excluding hydrogens is 214 g/mol. The highest BCUT2D eigenvalue weighted by Gasteiger charge is 2.05. The molecule has 3 nitrogen and oxygen atoms in total. The Morgan fingerprint density at radius 3 is 2.71 bits per heavy atom. The van der Waals surface area contributed by atoms with Crippen LogP contribution in [-0.2, 0) is 6.54 Å². The van der Waals surface area contributed by atoms with Gasteiger partial charge in [0.1, 0.15) is 0 Å². The lowest BCUT2D eigenvalue weighted by atomic mass is 10.2. The first-order chi connectivity index (χ1) is 8.31. The van der Waals surface area contributed by atoms with Crippen molar-refractivity contribution >= 4 is 0 Å². The predicted molar refractivity (Wildman–Crippen MR) is 69.1 cm³/mol. The summed E-state index contributed by atoms with van der Waals surface area (Å²) in [7, 11) is 0. The normalized spacial score (nSPS) is 9.35. The van der Waals surface area contributed by atoms with Gasteiger partial charge in [0.05, 0.1) is 13.2 Å². The summed E-state index contributed by atoms with van der Waals surface area (Å²) < 4.78 is 11.1. The van der Waals surface area contributed by atoms with E-state index in [-0.39, 0.29) is 0 Å². The maximum absolute atomic E-state index is 5.62. The number of hydrogen-bond acceptors (Lipinski definition) is 3. The Kier molecular flexibility index (Phi) is 5.98. The Balaban J connectivity index is 2.70. The van der Waals surface area contributed by atoms with E-state index >= 15 is 0 Å². The minimum Gasteiger partial charge on any atom is -0.490 e. The summed E-state index contributed by atoms with van der Waals surface area (Å²) >= 11 is 0. The molecule has 17 heavy (non-hydrogen) atoms. The number of hydrogen-bond donors (Lipinski definition) is 1. The minimum atomic E-state index is 0.502. The predicted octanol–water partition coefficient (Wildman–Crippen LogP) is 2.34. The molecule has 1 rings (SSSR count). The van der Waals surface area contributed by atoms with E-state index in [1.165, 1.54) is 0 Å². The Morgan fingerprint density at radius 2 is 2.06 bits per heavy atom. The summed E-state index contributed by atoms with van der Waals surface area (Å²) in [5.74, 6) is 7.29. The van der Waals surface area contributed by atoms with Gasteiger partial charge in [0.2, 0.25) is 0 Å². The molecule has 1 aromatic rings. The summed E-state index contributed by atoms with van der Waals surface area (Å²) in [6.45, 7) is 5.45. The largest absolute Gasteiger partial charge is 0.490 e. The second kappa shape index (κ2) is 7.59. The number of nitrogens with two attached hydrogens (primary N) is 1. The first-order valence-electron chi connectivity index (χ1n) is 5.80. The lowest BCUT2D eigenvalue weighted by Crippen LogP contribution is -2.02. The molecule has 0 fully saturated rings. The van der Waals surface area contributed by atoms with Crippen LogP contribution in [0.15, 0.2) is 18.2 Å². The molecule has 3 heteroatoms. The first-order valence-corrected chi connectivity index (χ1v) is 5.80. The fraction of sp³-hybridized carbons (Fsp3) is 0.429. The average Bonchev–Trinajstić information content (AvgIpc) is 2.36. The Bertz CT molecular complexity index is 404. The van der Waals surface area contributed by atoms with E-state index in [4.69, 9.17) is 15.2 Å². The highest BCUT2D eigenvalue weighted by Crippen LogP contribution is 2.28. The number of rotatable bonds is 6. The van der Waals surface area contributed by atoms with Crippen molar-refractivity contribution in [2.75, 3.05) is 13.2 Å². The van der Waals surface area contributed by atoms with Gasteiger partial charge in [-0.3, -0.25) is 0 Å². The van der Waals surface area contributed by atoms with E-state index in [0.29, 0.717) is 19.8 Å². The second-order valence-electron chi connectivity index (χ2n) is 3.44. The summed E-state index contributed by atoms with van der Waals surface area (Å²) in [4.78, 5) is 0. The van der Waals surface area contributed by atoms with Crippen molar-refractivity contribution in [2.24, 2.45) is 5.73 Å². The van der Waals surface area contributed by atoms with Crippen LogP contribution in [0.25, 0.3) is 0 Å². The van der Waals surface area contributed by atoms with Gasteiger partial charge in [0.15, 0.2) is 11.5 Å². The fourth-order valence-corrected chi connectivity index (χ4v) is 1.40. The zero-order valence-electron chi connectivity index (χ0n) is 10.5. The van der Waals surface area contributed by atoms with Gasteiger partial charge in [0.25, 0.3) is 0 Å². The molecule has 0 aromatic heterocycles. The molecule has 0 saturated carbocycles. The van der Waals surface area contributed by atoms with Crippen LogP contribution in [0.3, 0.4) is 0 Å². The molecule has 0 amide bonds. The molecule has 0 saturated heterocycles. The van der Waals surface area contributed by atoms with Gasteiger partial charge in [-0.1, -0.05) is 6.07 Å². The smallest absolute Gasteiger partial charge is 0.161 e. The highest BCUT2D eigenvalue weighted by molar-refractivity contribution is 5.43. The maximum Gasteiger partial charge on any atom is 0.161 e. The molecule has 0 spiro atoms. The molecule has 0 aliphatic rings. The van der Waals surface area contributed by atoms with Gasteiger partial charge in [-0.25, -0.2) is 0 Å². The summed E-state index contributed by atoms with van der Waals surface area (Å²) in [6.07, 6.45) is 0.723. The van der Waals surface area contributed by atoms with Crippen LogP contribution in [0.2, 0.25) is 0 Å². The van der Waals surface area contributed by atoms with Crippen LogP contribution in [0, 0.1) is 11.8 Å². The van der Waals surface area contributed by atoms with Crippen LogP contribution >= 0.6 is 0 Å². The average molecular weight is 233 g/mol. The van der Waals surface area contributed by atoms with Gasteiger partial charge in [-0.15, -0.1) is 11.8 Å².